The van der Waals surface area contributed by atoms with Crippen LogP contribution < -0.4 is 16.0 Å². The number of hydrogen-bond donors (Lipinski definition) is 4. The normalized spacial score (nSPS) is 10.8. The van der Waals surface area contributed by atoms with Crippen LogP contribution in [0.1, 0.15) is 17.2 Å². The van der Waals surface area contributed by atoms with Crippen molar-refractivity contribution in [1.82, 2.24) is 9.55 Å². The average Bonchev–Trinajstić information content (AvgIpc) is 2.69. The maximum Gasteiger partial charge on any atom is 0.331 e. The van der Waals surface area contributed by atoms with Gasteiger partial charge in [0.1, 0.15) is 22.8 Å². The van der Waals surface area contributed by atoms with E-state index in [0.717, 1.165) is 0 Å². The minimum atomic E-state index is -1.13. The van der Waals surface area contributed by atoms with Gasteiger partial charge in [-0.2, -0.15) is 0 Å². The molecule has 8 nitrogen and oxygen atoms in total. The zero-order valence-corrected chi connectivity index (χ0v) is 15.2. The van der Waals surface area contributed by atoms with Crippen LogP contribution in [0, 0.1) is 17.5 Å². The third-order valence-electron chi connectivity index (χ3n) is 3.44. The fraction of sp³-hybridized carbons (Fsp3) is 0.167. The van der Waals surface area contributed by atoms with E-state index >= 15 is 0 Å². The SMILES string of the molecule is C#C.C=CCOc1cccc(C(C(=O)O)n2cnc(NN)c(CO)c2=S)c1. The molecule has 1 atom stereocenters. The third kappa shape index (κ3) is 5.15. The van der Waals surface area contributed by atoms with E-state index in [1.165, 1.54) is 10.9 Å². The lowest BCUT2D eigenvalue weighted by atomic mass is 10.1. The molecule has 0 aliphatic rings. The number of nitrogens with zero attached hydrogens (tertiary/aromatic N) is 2. The predicted molar refractivity (Wildman–Crippen MR) is 105 cm³/mol. The first kappa shape index (κ1) is 21.9. The van der Waals surface area contributed by atoms with Gasteiger partial charge in [-0.05, 0) is 17.7 Å². The maximum atomic E-state index is 11.9. The summed E-state index contributed by atoms with van der Waals surface area (Å²) in [5, 5.41) is 19.2. The number of aliphatic hydroxyl groups is 1. The summed E-state index contributed by atoms with van der Waals surface area (Å²) in [6.07, 6.45) is 10.9. The van der Waals surface area contributed by atoms with Crippen molar-refractivity contribution < 1.29 is 19.7 Å². The number of aromatic nitrogens is 2. The molecule has 0 aliphatic heterocycles. The number of rotatable bonds is 8. The number of benzene rings is 1. The van der Waals surface area contributed by atoms with Gasteiger partial charge in [0.25, 0.3) is 0 Å². The lowest BCUT2D eigenvalue weighted by Gasteiger charge is -2.19. The Bertz CT molecular complexity index is 879. The first-order valence-corrected chi connectivity index (χ1v) is 8.01. The molecule has 142 valence electrons. The van der Waals surface area contributed by atoms with Crippen LogP contribution in [0.5, 0.6) is 5.75 Å². The smallest absolute Gasteiger partial charge is 0.331 e. The lowest BCUT2D eigenvalue weighted by Crippen LogP contribution is -2.23. The molecule has 1 heterocycles. The summed E-state index contributed by atoms with van der Waals surface area (Å²) in [6.45, 7) is 3.44. The summed E-state index contributed by atoms with van der Waals surface area (Å²) in [6, 6.07) is 5.52. The van der Waals surface area contributed by atoms with Gasteiger partial charge >= 0.3 is 5.97 Å². The molecular formula is C18H20N4O4S. The van der Waals surface area contributed by atoms with E-state index in [2.05, 4.69) is 29.8 Å². The van der Waals surface area contributed by atoms with Crippen LogP contribution in [0.25, 0.3) is 0 Å². The summed E-state index contributed by atoms with van der Waals surface area (Å²) in [5.74, 6) is 4.91. The second-order valence-electron chi connectivity index (χ2n) is 5.00. The van der Waals surface area contributed by atoms with Crippen molar-refractivity contribution in [3.05, 3.63) is 59.0 Å². The van der Waals surface area contributed by atoms with Crippen LogP contribution in [0.2, 0.25) is 0 Å². The van der Waals surface area contributed by atoms with Crippen LogP contribution >= 0.6 is 12.2 Å². The van der Waals surface area contributed by atoms with Crippen molar-refractivity contribution >= 4 is 24.0 Å². The number of terminal acetylenes is 1. The maximum absolute atomic E-state index is 11.9. The van der Waals surface area contributed by atoms with Gasteiger partial charge in [-0.3, -0.25) is 0 Å². The number of anilines is 1. The molecule has 0 amide bonds. The molecule has 0 saturated heterocycles. The van der Waals surface area contributed by atoms with E-state index in [0.29, 0.717) is 17.9 Å². The minimum Gasteiger partial charge on any atom is -0.490 e. The molecule has 1 aromatic carbocycles. The Kier molecular flexibility index (Phi) is 8.68. The Morgan fingerprint density at radius 2 is 2.22 bits per heavy atom. The largest absolute Gasteiger partial charge is 0.490 e. The van der Waals surface area contributed by atoms with Gasteiger partial charge in [0, 0.05) is 0 Å². The van der Waals surface area contributed by atoms with Gasteiger partial charge in [-0.15, -0.1) is 12.8 Å². The summed E-state index contributed by atoms with van der Waals surface area (Å²) in [7, 11) is 0. The van der Waals surface area contributed by atoms with E-state index in [1.807, 2.05) is 0 Å². The second-order valence-corrected chi connectivity index (χ2v) is 5.39. The van der Waals surface area contributed by atoms with Crippen molar-refractivity contribution in [3.8, 4) is 18.6 Å². The van der Waals surface area contributed by atoms with E-state index < -0.39 is 18.6 Å². The Morgan fingerprint density at radius 1 is 1.52 bits per heavy atom. The number of hydrogen-bond acceptors (Lipinski definition) is 7. The first-order valence-electron chi connectivity index (χ1n) is 7.60. The van der Waals surface area contributed by atoms with Crippen molar-refractivity contribution in [1.29, 1.82) is 0 Å². The Morgan fingerprint density at radius 3 is 2.78 bits per heavy atom. The zero-order valence-electron chi connectivity index (χ0n) is 14.4. The van der Waals surface area contributed by atoms with Crippen molar-refractivity contribution in [2.24, 2.45) is 5.84 Å². The fourth-order valence-electron chi connectivity index (χ4n) is 2.31. The fourth-order valence-corrected chi connectivity index (χ4v) is 2.62. The molecule has 2 aromatic rings. The van der Waals surface area contributed by atoms with Crippen LogP contribution in [0.4, 0.5) is 5.82 Å². The summed E-state index contributed by atoms with van der Waals surface area (Å²) < 4.78 is 6.85. The highest BCUT2D eigenvalue weighted by Gasteiger charge is 2.24. The standard InChI is InChI=1S/C16H18N4O4S.C2H2/c1-2-6-24-11-5-3-4-10(7-11)13(16(22)23)20-9-18-14(19-17)12(8-21)15(20)25;1-2/h2-5,7,9,13,19,21H,1,6,8,17H2,(H,22,23);1-2H. The van der Waals surface area contributed by atoms with Gasteiger partial charge in [0.15, 0.2) is 6.04 Å². The molecule has 1 unspecified atom stereocenters. The molecule has 9 heteroatoms. The third-order valence-corrected chi connectivity index (χ3v) is 3.90. The number of aliphatic carboxylic acids is 1. The molecule has 2 rings (SSSR count). The lowest BCUT2D eigenvalue weighted by molar-refractivity contribution is -0.139. The second kappa shape index (κ2) is 10.7. The van der Waals surface area contributed by atoms with E-state index in [-0.39, 0.29) is 16.0 Å². The molecule has 0 aliphatic carbocycles. The van der Waals surface area contributed by atoms with Crippen LogP contribution in [0.3, 0.4) is 0 Å². The Hall–Kier alpha value is -3.19. The predicted octanol–water partition coefficient (Wildman–Crippen LogP) is 1.88. The molecule has 1 aromatic heterocycles. The zero-order chi connectivity index (χ0) is 20.4. The summed E-state index contributed by atoms with van der Waals surface area (Å²) >= 11 is 5.30. The first-order chi connectivity index (χ1) is 13.0. The Labute approximate surface area is 161 Å². The quantitative estimate of drug-likeness (QED) is 0.178. The number of nitrogens with one attached hydrogen (secondary N) is 1. The van der Waals surface area contributed by atoms with E-state index in [4.69, 9.17) is 22.8 Å². The molecule has 0 bridgehead atoms. The topological polar surface area (TPSA) is 123 Å². The molecule has 0 spiro atoms. The van der Waals surface area contributed by atoms with Crippen molar-refractivity contribution in [2.75, 3.05) is 12.0 Å². The highest BCUT2D eigenvalue weighted by molar-refractivity contribution is 7.71. The van der Waals surface area contributed by atoms with Gasteiger partial charge in [-0.1, -0.05) is 37.0 Å². The van der Waals surface area contributed by atoms with Crippen molar-refractivity contribution in [3.63, 3.8) is 0 Å². The van der Waals surface area contributed by atoms with Crippen molar-refractivity contribution in [2.45, 2.75) is 12.6 Å². The highest BCUT2D eigenvalue weighted by atomic mass is 32.1. The Balaban J connectivity index is 0.00000176. The number of carbonyl (C=O) groups is 1. The number of aliphatic hydroxyl groups excluding tert-OH is 1. The molecule has 0 fully saturated rings. The summed E-state index contributed by atoms with van der Waals surface area (Å²) in [5.41, 5.74) is 3.02. The van der Waals surface area contributed by atoms with Gasteiger partial charge in [-0.25, -0.2) is 15.6 Å². The van der Waals surface area contributed by atoms with E-state index in [1.54, 1.807) is 30.3 Å². The number of carboxylic acid groups (broad SMARTS) is 1. The van der Waals surface area contributed by atoms with E-state index in [9.17, 15) is 15.0 Å². The van der Waals surface area contributed by atoms with Crippen LogP contribution in [0.15, 0.2) is 43.2 Å². The van der Waals surface area contributed by atoms with Crippen LogP contribution in [-0.2, 0) is 11.4 Å². The number of nitrogen functional groups attached to an aromatic ring is 1. The monoisotopic (exact) mass is 388 g/mol. The average molecular weight is 388 g/mol. The minimum absolute atomic E-state index is 0.121. The molecule has 5 N–H and O–H groups in total. The van der Waals surface area contributed by atoms with Gasteiger partial charge < -0.3 is 24.9 Å². The van der Waals surface area contributed by atoms with Crippen LogP contribution in [-0.4, -0.2) is 32.3 Å². The number of ether oxygens (including phenoxy) is 1. The molecular weight excluding hydrogens is 368 g/mol. The molecule has 0 radical (unpaired) electrons. The molecule has 0 saturated carbocycles. The summed E-state index contributed by atoms with van der Waals surface area (Å²) in [4.78, 5) is 15.9. The number of nitrogens with two attached hydrogens (primary N) is 1. The van der Waals surface area contributed by atoms with Gasteiger partial charge in [0.05, 0.1) is 18.5 Å². The molecule has 27 heavy (non-hydrogen) atoms. The number of hydrazine groups is 1. The van der Waals surface area contributed by atoms with Gasteiger partial charge in [0.2, 0.25) is 0 Å². The number of carboxylic acids is 1. The highest BCUT2D eigenvalue weighted by Crippen LogP contribution is 2.25.